The van der Waals surface area contributed by atoms with Gasteiger partial charge >= 0.3 is 0 Å². The lowest BCUT2D eigenvalue weighted by molar-refractivity contribution is -0.377. The zero-order valence-corrected chi connectivity index (χ0v) is 27.4. The van der Waals surface area contributed by atoms with Gasteiger partial charge in [0.05, 0.1) is 26.4 Å². The Morgan fingerprint density at radius 1 is 0.471 bits per heavy atom. The van der Waals surface area contributed by atoms with E-state index in [0.717, 1.165) is 13.8 Å². The molecule has 0 unspecified atom stereocenters. The standard InChI is InChI=1S/C28H48N2O21/c1-7(35)29-13-17(39)22(11(5-33)45-25(13)44)50-28-21(43)24(16(38)10(4-32)47-28)51-26-14(30-8(2)36)18(40)23(12(6-34)48-26)49-27-20(42)19(41)15(37)9(3-31)46-27/h9-28,31-34,37-44H,3-6H2,1-2H3,(H,29,35)(H,30,36)/t9-,10-,11-,12-,13-,14-,15+,16-,17-,18-,19+,20-,21-,22-,23-,24+,25-,26+,27+,28+/m1/s1. The van der Waals surface area contributed by atoms with Crippen LogP contribution in [-0.4, -0.2) is 222 Å². The number of rotatable bonds is 12. The van der Waals surface area contributed by atoms with Gasteiger partial charge in [0, 0.05) is 13.8 Å². The lowest BCUT2D eigenvalue weighted by Crippen LogP contribution is -2.70. The van der Waals surface area contributed by atoms with Crippen molar-refractivity contribution in [1.82, 2.24) is 10.6 Å². The molecule has 0 bridgehead atoms. The highest BCUT2D eigenvalue weighted by Crippen LogP contribution is 2.34. The number of hydrogen-bond acceptors (Lipinski definition) is 21. The first kappa shape index (κ1) is 41.9. The molecule has 4 rings (SSSR count). The molecule has 20 atom stereocenters. The predicted octanol–water partition coefficient (Wildman–Crippen LogP) is -9.46. The van der Waals surface area contributed by atoms with E-state index < -0.39 is 161 Å². The van der Waals surface area contributed by atoms with Gasteiger partial charge in [0.15, 0.2) is 25.2 Å². The number of carbonyl (C=O) groups is 2. The van der Waals surface area contributed by atoms with Gasteiger partial charge in [-0.2, -0.15) is 0 Å². The van der Waals surface area contributed by atoms with Crippen LogP contribution in [0.5, 0.6) is 0 Å². The zero-order valence-electron chi connectivity index (χ0n) is 27.4. The van der Waals surface area contributed by atoms with Gasteiger partial charge in [-0.1, -0.05) is 0 Å². The summed E-state index contributed by atoms with van der Waals surface area (Å²) in [5, 5.41) is 130. The molecule has 4 saturated heterocycles. The van der Waals surface area contributed by atoms with Crippen LogP contribution < -0.4 is 10.6 Å². The van der Waals surface area contributed by atoms with Crippen LogP contribution >= 0.6 is 0 Å². The number of ether oxygens (including phenoxy) is 7. The highest BCUT2D eigenvalue weighted by Gasteiger charge is 2.55. The molecule has 2 amide bonds. The van der Waals surface area contributed by atoms with E-state index in [-0.39, 0.29) is 0 Å². The van der Waals surface area contributed by atoms with E-state index in [2.05, 4.69) is 10.6 Å². The van der Waals surface area contributed by atoms with Gasteiger partial charge in [0.2, 0.25) is 11.8 Å². The molecule has 0 aromatic carbocycles. The number of carbonyl (C=O) groups excluding carboxylic acids is 2. The molecule has 0 aromatic rings. The van der Waals surface area contributed by atoms with Crippen LogP contribution in [0.25, 0.3) is 0 Å². The number of amides is 2. The summed E-state index contributed by atoms with van der Waals surface area (Å²) in [4.78, 5) is 23.9. The first-order valence-electron chi connectivity index (χ1n) is 16.1. The van der Waals surface area contributed by atoms with Crippen LogP contribution in [0, 0.1) is 0 Å². The minimum absolute atomic E-state index is 0.667. The second-order valence-corrected chi connectivity index (χ2v) is 12.6. The molecular weight excluding hydrogens is 700 g/mol. The summed E-state index contributed by atoms with van der Waals surface area (Å²) in [5.74, 6) is -1.43. The smallest absolute Gasteiger partial charge is 0.217 e. The van der Waals surface area contributed by atoms with E-state index in [1.807, 2.05) is 0 Å². The van der Waals surface area contributed by atoms with Crippen LogP contribution in [0.2, 0.25) is 0 Å². The zero-order chi connectivity index (χ0) is 37.9. The Kier molecular flexibility index (Phi) is 14.8. The van der Waals surface area contributed by atoms with E-state index in [0.29, 0.717) is 0 Å². The minimum atomic E-state index is -2.03. The van der Waals surface area contributed by atoms with Gasteiger partial charge in [-0.25, -0.2) is 0 Å². The van der Waals surface area contributed by atoms with Crippen LogP contribution in [-0.2, 0) is 42.7 Å². The van der Waals surface area contributed by atoms with E-state index >= 15 is 0 Å². The minimum Gasteiger partial charge on any atom is -0.394 e. The van der Waals surface area contributed by atoms with Crippen molar-refractivity contribution >= 4 is 11.8 Å². The molecule has 14 N–H and O–H groups in total. The van der Waals surface area contributed by atoms with Crippen molar-refractivity contribution < 1.29 is 104 Å². The molecule has 296 valence electrons. The molecule has 4 fully saturated rings. The van der Waals surface area contributed by atoms with Gasteiger partial charge < -0.3 is 105 Å². The molecule has 4 aliphatic heterocycles. The van der Waals surface area contributed by atoms with Gasteiger partial charge in [-0.05, 0) is 0 Å². The molecule has 0 spiro atoms. The fourth-order valence-electron chi connectivity index (χ4n) is 6.35. The number of aliphatic hydroxyl groups excluding tert-OH is 12. The Balaban J connectivity index is 1.57. The lowest BCUT2D eigenvalue weighted by Gasteiger charge is -2.50. The first-order chi connectivity index (χ1) is 24.1. The fourth-order valence-corrected chi connectivity index (χ4v) is 6.35. The van der Waals surface area contributed by atoms with Crippen LogP contribution in [0.3, 0.4) is 0 Å². The Hall–Kier alpha value is -1.82. The van der Waals surface area contributed by atoms with E-state index in [1.165, 1.54) is 0 Å². The second kappa shape index (κ2) is 18.0. The molecule has 0 radical (unpaired) electrons. The quantitative estimate of drug-likeness (QED) is 0.0881. The second-order valence-electron chi connectivity index (χ2n) is 12.6. The maximum atomic E-state index is 12.2. The molecule has 51 heavy (non-hydrogen) atoms. The number of hydrogen-bond donors (Lipinski definition) is 14. The third kappa shape index (κ3) is 9.11. The largest absolute Gasteiger partial charge is 0.394 e. The third-order valence-corrected chi connectivity index (χ3v) is 9.01. The number of aliphatic hydroxyl groups is 12. The van der Waals surface area contributed by atoms with Crippen molar-refractivity contribution in [3.05, 3.63) is 0 Å². The van der Waals surface area contributed by atoms with Crippen LogP contribution in [0.4, 0.5) is 0 Å². The molecule has 0 aromatic heterocycles. The molecule has 23 heteroatoms. The monoisotopic (exact) mass is 748 g/mol. The summed E-state index contributed by atoms with van der Waals surface area (Å²) in [6.07, 6.45) is -31.4. The van der Waals surface area contributed by atoms with Crippen molar-refractivity contribution in [2.24, 2.45) is 0 Å². The Morgan fingerprint density at radius 3 is 1.39 bits per heavy atom. The highest BCUT2D eigenvalue weighted by molar-refractivity contribution is 5.73. The van der Waals surface area contributed by atoms with Crippen molar-refractivity contribution in [3.63, 3.8) is 0 Å². The average molecular weight is 749 g/mol. The van der Waals surface area contributed by atoms with E-state index in [9.17, 15) is 70.9 Å². The summed E-state index contributed by atoms with van der Waals surface area (Å²) in [7, 11) is 0. The van der Waals surface area contributed by atoms with Gasteiger partial charge in [-0.15, -0.1) is 0 Å². The van der Waals surface area contributed by atoms with E-state index in [4.69, 9.17) is 33.2 Å². The van der Waals surface area contributed by atoms with Crippen LogP contribution in [0.15, 0.2) is 0 Å². The first-order valence-corrected chi connectivity index (χ1v) is 16.1. The van der Waals surface area contributed by atoms with Crippen molar-refractivity contribution in [2.75, 3.05) is 26.4 Å². The SMILES string of the molecule is CC(=O)N[C@@H]1[C@@H](O)[C@H](O[C@@H]2O[C@H](CO)[C@@H](O)[C@H](O[C@@H]3O[C@H](CO)[C@@H](O[C@@H]4O[C@H](CO)[C@H](O)[C@H](O)[C@H]4O)[C@H](O)[C@H]3NC(C)=O)[C@H]2O)[C@@H](CO)O[C@H]1O. The molecule has 0 aliphatic carbocycles. The molecular formula is C28H48N2O21. The molecule has 0 saturated carbocycles. The fraction of sp³-hybridized carbons (Fsp3) is 0.929. The molecule has 4 heterocycles. The third-order valence-electron chi connectivity index (χ3n) is 9.01. The van der Waals surface area contributed by atoms with Gasteiger partial charge in [0.1, 0.15) is 97.5 Å². The lowest BCUT2D eigenvalue weighted by atomic mass is 9.94. The Labute approximate surface area is 289 Å². The van der Waals surface area contributed by atoms with Gasteiger partial charge in [-0.3, -0.25) is 9.59 Å². The molecule has 4 aliphatic rings. The van der Waals surface area contributed by atoms with Crippen LogP contribution in [0.1, 0.15) is 13.8 Å². The summed E-state index contributed by atoms with van der Waals surface area (Å²) >= 11 is 0. The highest BCUT2D eigenvalue weighted by atomic mass is 16.8. The topological polar surface area (TPSA) is 366 Å². The average Bonchev–Trinajstić information content (AvgIpc) is 3.09. The van der Waals surface area contributed by atoms with Crippen molar-refractivity contribution in [1.29, 1.82) is 0 Å². The maximum Gasteiger partial charge on any atom is 0.217 e. The predicted molar refractivity (Wildman–Crippen MR) is 157 cm³/mol. The van der Waals surface area contributed by atoms with Crippen molar-refractivity contribution in [3.8, 4) is 0 Å². The summed E-state index contributed by atoms with van der Waals surface area (Å²) in [6, 6.07) is -3.09. The number of nitrogens with one attached hydrogen (secondary N) is 2. The normalized spacial score (nSPS) is 47.8. The van der Waals surface area contributed by atoms with Gasteiger partial charge in [0.25, 0.3) is 0 Å². The maximum absolute atomic E-state index is 12.2. The summed E-state index contributed by atoms with van der Waals surface area (Å²) < 4.78 is 39.1. The Bertz CT molecular complexity index is 1140. The summed E-state index contributed by atoms with van der Waals surface area (Å²) in [5.41, 5.74) is 0. The summed E-state index contributed by atoms with van der Waals surface area (Å²) in [6.45, 7) is -1.30. The van der Waals surface area contributed by atoms with Crippen molar-refractivity contribution in [2.45, 2.75) is 137 Å². The Morgan fingerprint density at radius 2 is 0.882 bits per heavy atom. The van der Waals surface area contributed by atoms with E-state index in [1.54, 1.807) is 0 Å². The molecule has 23 nitrogen and oxygen atoms in total.